The summed E-state index contributed by atoms with van der Waals surface area (Å²) in [4.78, 5) is 23.8. The summed E-state index contributed by atoms with van der Waals surface area (Å²) in [5, 5.41) is 15.4. The van der Waals surface area contributed by atoms with Crippen molar-refractivity contribution >= 4 is 29.0 Å². The molecule has 0 saturated heterocycles. The SMILES string of the molecule is Cc1ccc(-n2nc(C(C)(C)C)cc2NC(=O)NCc2cc(F)ccc2Oc2ccc3c(cnn3C[C-]=O)c2)cc1.[Re]. The maximum Gasteiger partial charge on any atom is 0.320 e. The van der Waals surface area contributed by atoms with E-state index in [2.05, 4.69) is 36.5 Å². The number of nitrogens with zero attached hydrogens (tertiary/aromatic N) is 4. The average molecular weight is 740 g/mol. The third kappa shape index (κ3) is 6.93. The van der Waals surface area contributed by atoms with Gasteiger partial charge in [0.05, 0.1) is 23.1 Å². The van der Waals surface area contributed by atoms with Gasteiger partial charge < -0.3 is 14.8 Å². The van der Waals surface area contributed by atoms with Gasteiger partial charge in [0, 0.05) is 49.4 Å². The minimum Gasteiger partial charge on any atom is -0.540 e. The number of benzene rings is 3. The second-order valence-corrected chi connectivity index (χ2v) is 10.7. The third-order valence-corrected chi connectivity index (χ3v) is 6.52. The number of carbonyl (C=O) groups excluding carboxylic acids is 2. The van der Waals surface area contributed by atoms with Gasteiger partial charge in [-0.15, -0.1) is 0 Å². The van der Waals surface area contributed by atoms with Gasteiger partial charge in [0.25, 0.3) is 0 Å². The normalized spacial score (nSPS) is 11.2. The molecule has 0 atom stereocenters. The first kappa shape index (κ1) is 30.6. The quantitative estimate of drug-likeness (QED) is 0.185. The van der Waals surface area contributed by atoms with Crippen LogP contribution in [-0.2, 0) is 43.7 Å². The Morgan fingerprint density at radius 2 is 1.81 bits per heavy atom. The number of hydrogen-bond acceptors (Lipinski definition) is 5. The summed E-state index contributed by atoms with van der Waals surface area (Å²) in [5.74, 6) is 0.942. The van der Waals surface area contributed by atoms with Crippen molar-refractivity contribution < 1.29 is 39.1 Å². The number of carbonyl (C=O) groups is 1. The summed E-state index contributed by atoms with van der Waals surface area (Å²) in [6, 6.07) is 18.6. The van der Waals surface area contributed by atoms with Crippen molar-refractivity contribution in [2.75, 3.05) is 5.32 Å². The van der Waals surface area contributed by atoms with Crippen LogP contribution in [0.4, 0.5) is 15.0 Å². The molecule has 0 aliphatic rings. The molecule has 2 N–H and O–H groups in total. The van der Waals surface area contributed by atoms with Crippen LogP contribution in [0, 0.1) is 12.7 Å². The van der Waals surface area contributed by atoms with E-state index >= 15 is 0 Å². The number of aryl methyl sites for hydroxylation is 1. The molecule has 42 heavy (non-hydrogen) atoms. The fourth-order valence-corrected chi connectivity index (χ4v) is 4.28. The Balaban J connectivity index is 0.00000405. The van der Waals surface area contributed by atoms with Gasteiger partial charge in [0.2, 0.25) is 0 Å². The number of hydrogen-bond donors (Lipinski definition) is 2. The maximum atomic E-state index is 14.2. The van der Waals surface area contributed by atoms with Gasteiger partial charge in [-0.05, 0) is 55.5 Å². The number of anilines is 1. The monoisotopic (exact) mass is 740 g/mol. The summed E-state index contributed by atoms with van der Waals surface area (Å²) in [6.07, 6.45) is 3.46. The van der Waals surface area contributed by atoms with E-state index in [1.165, 1.54) is 22.9 Å². The van der Waals surface area contributed by atoms with Crippen molar-refractivity contribution in [3.63, 3.8) is 0 Å². The number of halogens is 1. The molecule has 3 aromatic carbocycles. The first-order chi connectivity index (χ1) is 19.6. The Hall–Kier alpha value is -4.33. The number of fused-ring (bicyclic) bond motifs is 1. The van der Waals surface area contributed by atoms with E-state index in [0.717, 1.165) is 27.8 Å². The Bertz CT molecular complexity index is 1720. The predicted octanol–water partition coefficient (Wildman–Crippen LogP) is 6.19. The van der Waals surface area contributed by atoms with Crippen LogP contribution >= 0.6 is 0 Å². The van der Waals surface area contributed by atoms with Crippen LogP contribution in [0.3, 0.4) is 0 Å². The molecule has 0 unspecified atom stereocenters. The van der Waals surface area contributed by atoms with Crippen LogP contribution in [0.5, 0.6) is 11.5 Å². The summed E-state index contributed by atoms with van der Waals surface area (Å²) in [5.41, 5.74) is 3.73. The largest absolute Gasteiger partial charge is 0.540 e. The number of ether oxygens (including phenoxy) is 1. The zero-order valence-electron chi connectivity index (χ0n) is 23.6. The van der Waals surface area contributed by atoms with Crippen molar-refractivity contribution in [2.45, 2.75) is 46.2 Å². The molecule has 1 radical (unpaired) electrons. The van der Waals surface area contributed by atoms with Crippen LogP contribution in [0.2, 0.25) is 0 Å². The molecule has 0 spiro atoms. The van der Waals surface area contributed by atoms with Gasteiger partial charge in [-0.2, -0.15) is 10.2 Å². The molecule has 0 saturated carbocycles. The Labute approximate surface area is 256 Å². The zero-order chi connectivity index (χ0) is 29.1. The van der Waals surface area contributed by atoms with E-state index in [1.807, 2.05) is 43.5 Å². The molecule has 11 heteroatoms. The fourth-order valence-electron chi connectivity index (χ4n) is 4.28. The molecule has 5 rings (SSSR count). The van der Waals surface area contributed by atoms with Gasteiger partial charge in [-0.3, -0.25) is 10.00 Å². The molecule has 0 bridgehead atoms. The van der Waals surface area contributed by atoms with Crippen LogP contribution in [-0.4, -0.2) is 31.9 Å². The van der Waals surface area contributed by atoms with Gasteiger partial charge in [-0.1, -0.05) is 45.0 Å². The van der Waals surface area contributed by atoms with Gasteiger partial charge in [0.1, 0.15) is 23.1 Å². The van der Waals surface area contributed by atoms with E-state index in [9.17, 15) is 14.0 Å². The van der Waals surface area contributed by atoms with E-state index in [0.29, 0.717) is 22.9 Å². The standard InChI is InChI=1S/C31H30FN6O3.Re/c1-20-5-8-24(9-6-20)38-29(17-28(36-38)31(2,3)4)35-30(40)33-18-22-15-23(32)7-12-27(22)41-25-10-11-26-21(16-25)19-34-37(26)13-14-39;/h5-12,15-17,19H,13,18H2,1-4H3,(H2,33,35,40);/q-1;. The Morgan fingerprint density at radius 1 is 1.05 bits per heavy atom. The molecular formula is C31H30FN6O3Re-. The van der Waals surface area contributed by atoms with Crippen LogP contribution in [0.25, 0.3) is 16.6 Å². The Morgan fingerprint density at radius 3 is 2.52 bits per heavy atom. The molecule has 0 aliphatic carbocycles. The van der Waals surface area contributed by atoms with Gasteiger partial charge in [-0.25, -0.2) is 20.2 Å². The van der Waals surface area contributed by atoms with Crippen LogP contribution < -0.4 is 15.4 Å². The summed E-state index contributed by atoms with van der Waals surface area (Å²) < 4.78 is 23.5. The van der Waals surface area contributed by atoms with Gasteiger partial charge >= 0.3 is 6.03 Å². The molecule has 5 aromatic rings. The molecule has 2 heterocycles. The third-order valence-electron chi connectivity index (χ3n) is 6.52. The minimum absolute atomic E-state index is 0. The van der Waals surface area contributed by atoms with Crippen LogP contribution in [0.15, 0.2) is 72.9 Å². The van der Waals surface area contributed by atoms with Gasteiger partial charge in [0.15, 0.2) is 0 Å². The zero-order valence-corrected chi connectivity index (χ0v) is 26.3. The molecule has 217 valence electrons. The number of nitrogens with one attached hydrogen (secondary N) is 2. The first-order valence-corrected chi connectivity index (χ1v) is 13.1. The van der Waals surface area contributed by atoms with E-state index in [-0.39, 0.29) is 38.9 Å². The van der Waals surface area contributed by atoms with Crippen molar-refractivity contribution in [3.05, 3.63) is 95.6 Å². The van der Waals surface area contributed by atoms with Crippen LogP contribution in [0.1, 0.15) is 37.6 Å². The molecule has 9 nitrogen and oxygen atoms in total. The molecule has 2 amide bonds. The Kier molecular flexibility index (Phi) is 9.24. The smallest absolute Gasteiger partial charge is 0.320 e. The molecule has 0 fully saturated rings. The summed E-state index contributed by atoms with van der Waals surface area (Å²) in [7, 11) is 0. The van der Waals surface area contributed by atoms with E-state index in [4.69, 9.17) is 9.84 Å². The maximum absolute atomic E-state index is 14.2. The minimum atomic E-state index is -0.477. The topological polar surface area (TPSA) is 103 Å². The molecule has 2 aromatic heterocycles. The summed E-state index contributed by atoms with van der Waals surface area (Å²) >= 11 is 0. The van der Waals surface area contributed by atoms with E-state index in [1.54, 1.807) is 29.1 Å². The number of amides is 2. The second-order valence-electron chi connectivity index (χ2n) is 10.7. The van der Waals surface area contributed by atoms with Crippen molar-refractivity contribution in [3.8, 4) is 17.2 Å². The van der Waals surface area contributed by atoms with Crippen molar-refractivity contribution in [1.29, 1.82) is 0 Å². The number of urea groups is 1. The van der Waals surface area contributed by atoms with E-state index < -0.39 is 11.8 Å². The second kappa shape index (κ2) is 12.7. The van der Waals surface area contributed by atoms with Crippen molar-refractivity contribution in [2.24, 2.45) is 0 Å². The molecular weight excluding hydrogens is 710 g/mol. The summed E-state index contributed by atoms with van der Waals surface area (Å²) in [6.45, 7) is 8.21. The predicted molar refractivity (Wildman–Crippen MR) is 155 cm³/mol. The first-order valence-electron chi connectivity index (χ1n) is 13.1. The average Bonchev–Trinajstić information content (AvgIpc) is 3.54. The molecule has 0 aliphatic heterocycles. The fraction of sp³-hybridized carbons (Fsp3) is 0.226. The number of rotatable bonds is 8. The number of aromatic nitrogens is 4. The van der Waals surface area contributed by atoms with Crippen molar-refractivity contribution in [1.82, 2.24) is 24.9 Å².